The quantitative estimate of drug-likeness (QED) is 0.162. The van der Waals surface area contributed by atoms with Gasteiger partial charge in [-0.25, -0.2) is 4.90 Å². The number of hydrogen-bond acceptors (Lipinski definition) is 7. The predicted molar refractivity (Wildman–Crippen MR) is 137 cm³/mol. The summed E-state index contributed by atoms with van der Waals surface area (Å²) in [6.45, 7) is 18.8. The zero-order chi connectivity index (χ0) is 24.0. The Morgan fingerprint density at radius 3 is 1.26 bits per heavy atom. The van der Waals surface area contributed by atoms with Gasteiger partial charge in [0.25, 0.3) is 0 Å². The molecule has 0 aliphatic rings. The summed E-state index contributed by atoms with van der Waals surface area (Å²) in [4.78, 5) is 2.67. The molecule has 0 heterocycles. The second-order valence-electron chi connectivity index (χ2n) is 8.58. The fourth-order valence-corrected chi connectivity index (χ4v) is 5.06. The number of hydrogen-bond donors (Lipinski definition) is 6. The normalized spacial score (nSPS) is 19.1. The van der Waals surface area contributed by atoms with Crippen LogP contribution in [-0.2, 0) is 0 Å². The van der Waals surface area contributed by atoms with Gasteiger partial charge < -0.3 is 5.32 Å². The second-order valence-corrected chi connectivity index (χ2v) is 8.58. The Kier molecular flexibility index (Phi) is 15.4. The van der Waals surface area contributed by atoms with E-state index in [9.17, 15) is 0 Å². The molecule has 0 aliphatic carbocycles. The number of nitrogens with zero attached hydrogens (tertiary/aromatic N) is 1. The molecule has 0 aromatic carbocycles. The van der Waals surface area contributed by atoms with E-state index >= 15 is 0 Å². The number of likely N-dealkylation sites (N-methyl/N-ethyl adjacent to an activating group) is 1. The molecule has 0 bridgehead atoms. The Morgan fingerprint density at radius 1 is 0.581 bits per heavy atom. The van der Waals surface area contributed by atoms with E-state index in [0.717, 1.165) is 64.6 Å². The first-order valence-corrected chi connectivity index (χ1v) is 13.0. The molecule has 0 aromatic rings. The second kappa shape index (κ2) is 15.5. The molecule has 0 radical (unpaired) electrons. The molecule has 31 heavy (non-hydrogen) atoms. The summed E-state index contributed by atoms with van der Waals surface area (Å²) in [5, 5.41) is 22.9. The van der Waals surface area contributed by atoms with Crippen LogP contribution < -0.4 is 31.9 Å². The SMILES string of the molecule is CCCNC(CC)(NC)C(CC)N(C(CC)(NC)NCCC)C(CC)(NC)NCCC. The Bertz CT molecular complexity index is 408. The smallest absolute Gasteiger partial charge is 0.128 e. The van der Waals surface area contributed by atoms with E-state index in [2.05, 4.69) is 106 Å². The zero-order valence-electron chi connectivity index (χ0n) is 22.6. The molecule has 7 heteroatoms. The van der Waals surface area contributed by atoms with E-state index < -0.39 is 0 Å². The lowest BCUT2D eigenvalue weighted by molar-refractivity contribution is -0.149. The van der Waals surface area contributed by atoms with Crippen LogP contribution in [0.3, 0.4) is 0 Å². The van der Waals surface area contributed by atoms with Gasteiger partial charge in [0.1, 0.15) is 11.6 Å². The maximum absolute atomic E-state index is 3.90. The topological polar surface area (TPSA) is 75.4 Å². The molecular formula is C24H57N7. The van der Waals surface area contributed by atoms with Crippen molar-refractivity contribution in [3.05, 3.63) is 0 Å². The minimum absolute atomic E-state index is 0.207. The van der Waals surface area contributed by atoms with Crippen LogP contribution in [0.2, 0.25) is 0 Å². The average Bonchev–Trinajstić information content (AvgIpc) is 2.82. The molecule has 4 unspecified atom stereocenters. The lowest BCUT2D eigenvalue weighted by Crippen LogP contribution is -2.85. The van der Waals surface area contributed by atoms with Crippen LogP contribution in [0.1, 0.15) is 93.4 Å². The van der Waals surface area contributed by atoms with Gasteiger partial charge in [-0.3, -0.25) is 26.6 Å². The average molecular weight is 444 g/mol. The first kappa shape index (κ1) is 30.7. The van der Waals surface area contributed by atoms with Crippen molar-refractivity contribution in [1.82, 2.24) is 36.8 Å². The largest absolute Gasteiger partial charge is 0.301 e. The number of nitrogens with one attached hydrogen (secondary N) is 6. The summed E-state index contributed by atoms with van der Waals surface area (Å²) < 4.78 is 0. The fourth-order valence-electron chi connectivity index (χ4n) is 5.06. The van der Waals surface area contributed by atoms with Gasteiger partial charge in [0.2, 0.25) is 0 Å². The highest BCUT2D eigenvalue weighted by Crippen LogP contribution is 2.34. The van der Waals surface area contributed by atoms with E-state index in [4.69, 9.17) is 0 Å². The lowest BCUT2D eigenvalue weighted by atomic mass is 9.88. The summed E-state index contributed by atoms with van der Waals surface area (Å²) in [7, 11) is 6.29. The van der Waals surface area contributed by atoms with Gasteiger partial charge in [-0.05, 0) is 85.7 Å². The highest BCUT2D eigenvalue weighted by atomic mass is 15.6. The predicted octanol–water partition coefficient (Wildman–Crippen LogP) is 2.96. The first-order valence-electron chi connectivity index (χ1n) is 13.0. The molecule has 0 saturated heterocycles. The molecule has 0 aromatic heterocycles. The van der Waals surface area contributed by atoms with Crippen molar-refractivity contribution in [2.24, 2.45) is 0 Å². The van der Waals surface area contributed by atoms with Gasteiger partial charge in [-0.15, -0.1) is 0 Å². The van der Waals surface area contributed by atoms with E-state index in [1.165, 1.54) is 0 Å². The Balaban J connectivity index is 6.91. The molecule has 0 amide bonds. The molecule has 6 N–H and O–H groups in total. The van der Waals surface area contributed by atoms with Crippen molar-refractivity contribution >= 4 is 0 Å². The Labute approximate surface area is 194 Å². The maximum Gasteiger partial charge on any atom is 0.128 e. The van der Waals surface area contributed by atoms with Gasteiger partial charge in [0.05, 0.1) is 5.66 Å². The van der Waals surface area contributed by atoms with Crippen LogP contribution in [0.5, 0.6) is 0 Å². The monoisotopic (exact) mass is 443 g/mol. The fraction of sp³-hybridized carbons (Fsp3) is 1.00. The van der Waals surface area contributed by atoms with Crippen LogP contribution in [0, 0.1) is 0 Å². The van der Waals surface area contributed by atoms with E-state index in [0.29, 0.717) is 0 Å². The molecule has 0 aliphatic heterocycles. The summed E-state index contributed by atoms with van der Waals surface area (Å²) in [5.41, 5.74) is -0.207. The Morgan fingerprint density at radius 2 is 1.00 bits per heavy atom. The zero-order valence-corrected chi connectivity index (χ0v) is 22.6. The van der Waals surface area contributed by atoms with Crippen molar-refractivity contribution in [2.75, 3.05) is 40.8 Å². The minimum atomic E-state index is -0.360. The number of rotatable bonds is 20. The summed E-state index contributed by atoms with van der Waals surface area (Å²) in [6.07, 6.45) is 7.18. The van der Waals surface area contributed by atoms with Crippen molar-refractivity contribution < 1.29 is 0 Å². The molecule has 0 rings (SSSR count). The van der Waals surface area contributed by atoms with Crippen molar-refractivity contribution in [3.8, 4) is 0 Å². The summed E-state index contributed by atoms with van der Waals surface area (Å²) >= 11 is 0. The molecule has 0 fully saturated rings. The molecular weight excluding hydrogens is 386 g/mol. The van der Waals surface area contributed by atoms with Crippen LogP contribution >= 0.6 is 0 Å². The maximum atomic E-state index is 3.90. The van der Waals surface area contributed by atoms with Gasteiger partial charge in [0, 0.05) is 6.04 Å². The third-order valence-corrected chi connectivity index (χ3v) is 6.97. The molecule has 0 saturated carbocycles. The Hall–Kier alpha value is -0.280. The van der Waals surface area contributed by atoms with Crippen LogP contribution in [0.15, 0.2) is 0 Å². The van der Waals surface area contributed by atoms with Crippen LogP contribution in [0.25, 0.3) is 0 Å². The molecule has 4 atom stereocenters. The minimum Gasteiger partial charge on any atom is -0.301 e. The lowest BCUT2D eigenvalue weighted by Gasteiger charge is -2.61. The van der Waals surface area contributed by atoms with Crippen molar-refractivity contribution in [2.45, 2.75) is 117 Å². The third kappa shape index (κ3) is 7.10. The van der Waals surface area contributed by atoms with Gasteiger partial charge >= 0.3 is 0 Å². The van der Waals surface area contributed by atoms with E-state index in [-0.39, 0.29) is 23.3 Å². The summed E-state index contributed by atoms with van der Waals surface area (Å²) in [6, 6.07) is 0.225. The molecule has 188 valence electrons. The van der Waals surface area contributed by atoms with Crippen molar-refractivity contribution in [3.63, 3.8) is 0 Å². The highest BCUT2D eigenvalue weighted by Gasteiger charge is 2.53. The van der Waals surface area contributed by atoms with Crippen LogP contribution in [-0.4, -0.2) is 69.0 Å². The van der Waals surface area contributed by atoms with Crippen molar-refractivity contribution in [1.29, 1.82) is 0 Å². The van der Waals surface area contributed by atoms with E-state index in [1.54, 1.807) is 0 Å². The van der Waals surface area contributed by atoms with Gasteiger partial charge in [-0.1, -0.05) is 48.5 Å². The summed E-state index contributed by atoms with van der Waals surface area (Å²) in [5.74, 6) is -0.719. The highest BCUT2D eigenvalue weighted by molar-refractivity contribution is 5.05. The first-order chi connectivity index (χ1) is 14.9. The van der Waals surface area contributed by atoms with Crippen LogP contribution in [0.4, 0.5) is 0 Å². The molecule has 7 nitrogen and oxygen atoms in total. The van der Waals surface area contributed by atoms with E-state index in [1.807, 2.05) is 0 Å². The van der Waals surface area contributed by atoms with Gasteiger partial charge in [0.15, 0.2) is 0 Å². The molecule has 0 spiro atoms. The standard InChI is InChI=1S/C24H57N7/c1-11-18-28-22(15-5,25-8)21(14-4)31(23(16-6,26-9)29-19-12-2)24(17-7,27-10)30-20-13-3/h21,25-30H,11-20H2,1-10H3. The van der Waals surface area contributed by atoms with Gasteiger partial charge in [-0.2, -0.15) is 0 Å². The third-order valence-electron chi connectivity index (χ3n) is 6.97.